The molecule has 0 unspecified atom stereocenters. The van der Waals surface area contributed by atoms with Crippen LogP contribution in [0.25, 0.3) is 0 Å². The number of rotatable bonds is 7. The van der Waals surface area contributed by atoms with Crippen LogP contribution in [0.2, 0.25) is 0 Å². The summed E-state index contributed by atoms with van der Waals surface area (Å²) in [7, 11) is -1.87. The minimum absolute atomic E-state index is 0.340. The van der Waals surface area contributed by atoms with Gasteiger partial charge in [0.25, 0.3) is 0 Å². The number of sulfonamides is 1. The van der Waals surface area contributed by atoms with Crippen LogP contribution in [0, 0.1) is 13.8 Å². The lowest BCUT2D eigenvalue weighted by Gasteiger charge is -2.15. The van der Waals surface area contributed by atoms with Gasteiger partial charge < -0.3 is 9.64 Å². The predicted molar refractivity (Wildman–Crippen MR) is 87.9 cm³/mol. The lowest BCUT2D eigenvalue weighted by molar-refractivity contribution is 0.334. The minimum atomic E-state index is -3.46. The van der Waals surface area contributed by atoms with Crippen LogP contribution in [0.3, 0.4) is 0 Å². The largest absolute Gasteiger partial charge is 0.496 e. The van der Waals surface area contributed by atoms with Crippen LogP contribution >= 0.6 is 0 Å². The molecule has 1 fully saturated rings. The van der Waals surface area contributed by atoms with Crippen LogP contribution in [0.4, 0.5) is 0 Å². The van der Waals surface area contributed by atoms with Gasteiger partial charge in [0.2, 0.25) is 10.0 Å². The summed E-state index contributed by atoms with van der Waals surface area (Å²) < 4.78 is 32.8. The Balaban J connectivity index is 1.96. The molecule has 0 atom stereocenters. The van der Waals surface area contributed by atoms with Crippen LogP contribution in [-0.4, -0.2) is 46.6 Å². The summed E-state index contributed by atoms with van der Waals surface area (Å²) in [4.78, 5) is 2.73. The molecule has 0 aliphatic carbocycles. The van der Waals surface area contributed by atoms with Crippen molar-refractivity contribution in [1.82, 2.24) is 9.62 Å². The highest BCUT2D eigenvalue weighted by atomic mass is 32.2. The highest BCUT2D eigenvalue weighted by Crippen LogP contribution is 2.25. The van der Waals surface area contributed by atoms with Gasteiger partial charge in [0.15, 0.2) is 0 Å². The molecule has 1 aliphatic rings. The highest BCUT2D eigenvalue weighted by Gasteiger charge is 2.18. The molecule has 0 saturated carbocycles. The fourth-order valence-electron chi connectivity index (χ4n) is 2.87. The monoisotopic (exact) mass is 326 g/mol. The topological polar surface area (TPSA) is 58.6 Å². The smallest absolute Gasteiger partial charge is 0.240 e. The minimum Gasteiger partial charge on any atom is -0.496 e. The van der Waals surface area contributed by atoms with Crippen LogP contribution in [-0.2, 0) is 10.0 Å². The van der Waals surface area contributed by atoms with E-state index >= 15 is 0 Å². The second kappa shape index (κ2) is 7.44. The lowest BCUT2D eigenvalue weighted by Crippen LogP contribution is -2.29. The Morgan fingerprint density at radius 2 is 1.86 bits per heavy atom. The molecule has 22 heavy (non-hydrogen) atoms. The van der Waals surface area contributed by atoms with Gasteiger partial charge in [0.05, 0.1) is 12.0 Å². The molecule has 1 saturated heterocycles. The molecular weight excluding hydrogens is 300 g/mol. The van der Waals surface area contributed by atoms with Crippen molar-refractivity contribution in [2.75, 3.05) is 33.3 Å². The van der Waals surface area contributed by atoms with Crippen LogP contribution in [0.15, 0.2) is 17.0 Å². The third kappa shape index (κ3) is 4.21. The van der Waals surface area contributed by atoms with E-state index in [0.717, 1.165) is 31.6 Å². The molecule has 0 radical (unpaired) electrons. The number of likely N-dealkylation sites (tertiary alicyclic amines) is 1. The summed E-state index contributed by atoms with van der Waals surface area (Å²) in [6.07, 6.45) is 3.36. The predicted octanol–water partition coefficient (Wildman–Crippen LogP) is 2.08. The summed E-state index contributed by atoms with van der Waals surface area (Å²) in [6.45, 7) is 7.37. The van der Waals surface area contributed by atoms with Gasteiger partial charge in [0.1, 0.15) is 5.75 Å². The SMILES string of the molecule is COc1cc(C)c(S(=O)(=O)NCCCN2CCCC2)cc1C. The molecule has 1 aromatic carbocycles. The second-order valence-electron chi connectivity index (χ2n) is 5.89. The number of aryl methyl sites for hydroxylation is 2. The normalized spacial score (nSPS) is 16.1. The van der Waals surface area contributed by atoms with E-state index < -0.39 is 10.0 Å². The average Bonchev–Trinajstić information content (AvgIpc) is 2.98. The van der Waals surface area contributed by atoms with E-state index in [9.17, 15) is 8.42 Å². The third-order valence-corrected chi connectivity index (χ3v) is 5.73. The molecule has 1 aliphatic heterocycles. The van der Waals surface area contributed by atoms with Gasteiger partial charge in [-0.2, -0.15) is 0 Å². The first kappa shape index (κ1) is 17.2. The Morgan fingerprint density at radius 1 is 1.18 bits per heavy atom. The molecule has 1 heterocycles. The first-order valence-electron chi connectivity index (χ1n) is 7.81. The molecule has 1 N–H and O–H groups in total. The number of hydrogen-bond acceptors (Lipinski definition) is 4. The number of hydrogen-bond donors (Lipinski definition) is 1. The first-order chi connectivity index (χ1) is 10.4. The van der Waals surface area contributed by atoms with Crippen molar-refractivity contribution in [2.45, 2.75) is 38.0 Å². The Bertz CT molecular complexity index is 608. The Morgan fingerprint density at radius 3 is 2.50 bits per heavy atom. The lowest BCUT2D eigenvalue weighted by atomic mass is 10.1. The van der Waals surface area contributed by atoms with Gasteiger partial charge in [-0.1, -0.05) is 0 Å². The number of nitrogens with one attached hydrogen (secondary N) is 1. The Labute approximate surface area is 133 Å². The number of ether oxygens (including phenoxy) is 1. The number of nitrogens with zero attached hydrogens (tertiary/aromatic N) is 1. The maximum atomic E-state index is 12.4. The fraction of sp³-hybridized carbons (Fsp3) is 0.625. The van der Waals surface area contributed by atoms with E-state index in [1.54, 1.807) is 26.2 Å². The highest BCUT2D eigenvalue weighted by molar-refractivity contribution is 7.89. The van der Waals surface area contributed by atoms with E-state index in [4.69, 9.17) is 4.74 Å². The van der Waals surface area contributed by atoms with E-state index in [2.05, 4.69) is 9.62 Å². The quantitative estimate of drug-likeness (QED) is 0.780. The van der Waals surface area contributed by atoms with Crippen molar-refractivity contribution < 1.29 is 13.2 Å². The molecule has 2 rings (SSSR count). The molecule has 0 amide bonds. The maximum absolute atomic E-state index is 12.4. The zero-order valence-corrected chi connectivity index (χ0v) is 14.5. The van der Waals surface area contributed by atoms with E-state index in [0.29, 0.717) is 22.8 Å². The van der Waals surface area contributed by atoms with Crippen LogP contribution in [0.1, 0.15) is 30.4 Å². The summed E-state index contributed by atoms with van der Waals surface area (Å²) in [6, 6.07) is 3.45. The van der Waals surface area contributed by atoms with Crippen molar-refractivity contribution in [1.29, 1.82) is 0 Å². The van der Waals surface area contributed by atoms with Gasteiger partial charge in [-0.25, -0.2) is 13.1 Å². The zero-order chi connectivity index (χ0) is 16.2. The van der Waals surface area contributed by atoms with E-state index in [1.807, 2.05) is 6.92 Å². The van der Waals surface area contributed by atoms with Gasteiger partial charge in [-0.15, -0.1) is 0 Å². The van der Waals surface area contributed by atoms with Gasteiger partial charge in [0, 0.05) is 6.54 Å². The molecule has 6 heteroatoms. The van der Waals surface area contributed by atoms with Gasteiger partial charge >= 0.3 is 0 Å². The van der Waals surface area contributed by atoms with Crippen molar-refractivity contribution in [3.8, 4) is 5.75 Å². The van der Waals surface area contributed by atoms with Gasteiger partial charge in [-0.3, -0.25) is 0 Å². The summed E-state index contributed by atoms with van der Waals surface area (Å²) in [5.74, 6) is 0.713. The Kier molecular flexibility index (Phi) is 5.83. The van der Waals surface area contributed by atoms with Crippen molar-refractivity contribution >= 4 is 10.0 Å². The first-order valence-corrected chi connectivity index (χ1v) is 9.29. The van der Waals surface area contributed by atoms with E-state index in [1.165, 1.54) is 12.8 Å². The molecule has 0 bridgehead atoms. The summed E-state index contributed by atoms with van der Waals surface area (Å²) >= 11 is 0. The zero-order valence-electron chi connectivity index (χ0n) is 13.7. The number of benzene rings is 1. The molecular formula is C16H26N2O3S. The average molecular weight is 326 g/mol. The standard InChI is InChI=1S/C16H26N2O3S/c1-13-12-16(14(2)11-15(13)21-3)22(19,20)17-7-6-10-18-8-4-5-9-18/h11-12,17H,4-10H2,1-3H3. The van der Waals surface area contributed by atoms with E-state index in [-0.39, 0.29) is 0 Å². The van der Waals surface area contributed by atoms with Gasteiger partial charge in [-0.05, 0) is 76.0 Å². The molecule has 1 aromatic rings. The van der Waals surface area contributed by atoms with Crippen molar-refractivity contribution in [3.63, 3.8) is 0 Å². The Hall–Kier alpha value is -1.11. The molecule has 124 valence electrons. The molecule has 0 spiro atoms. The number of methoxy groups -OCH3 is 1. The van der Waals surface area contributed by atoms with Crippen molar-refractivity contribution in [2.24, 2.45) is 0 Å². The second-order valence-corrected chi connectivity index (χ2v) is 7.62. The summed E-state index contributed by atoms with van der Waals surface area (Å²) in [5.41, 5.74) is 1.53. The third-order valence-electron chi connectivity index (χ3n) is 4.12. The van der Waals surface area contributed by atoms with Crippen molar-refractivity contribution in [3.05, 3.63) is 23.3 Å². The summed E-state index contributed by atoms with van der Waals surface area (Å²) in [5, 5.41) is 0. The molecule has 0 aromatic heterocycles. The van der Waals surface area contributed by atoms with Crippen LogP contribution < -0.4 is 9.46 Å². The maximum Gasteiger partial charge on any atom is 0.240 e. The fourth-order valence-corrected chi connectivity index (χ4v) is 4.25. The molecule has 5 nitrogen and oxygen atoms in total. The van der Waals surface area contributed by atoms with Crippen LogP contribution in [0.5, 0.6) is 5.75 Å².